The number of carbonyl (C=O) groups is 1. The van der Waals surface area contributed by atoms with Crippen molar-refractivity contribution in [1.82, 2.24) is 4.31 Å². The first-order valence-electron chi connectivity index (χ1n) is 6.06. The van der Waals surface area contributed by atoms with Crippen molar-refractivity contribution in [3.63, 3.8) is 0 Å². The van der Waals surface area contributed by atoms with E-state index in [0.29, 0.717) is 18.5 Å². The van der Waals surface area contributed by atoms with Gasteiger partial charge in [-0.05, 0) is 30.2 Å². The van der Waals surface area contributed by atoms with Crippen LogP contribution in [0.25, 0.3) is 6.08 Å². The Hall–Kier alpha value is -1.08. The van der Waals surface area contributed by atoms with E-state index in [9.17, 15) is 13.2 Å². The molecule has 1 aromatic carbocycles. The van der Waals surface area contributed by atoms with Gasteiger partial charge >= 0.3 is 5.97 Å². The van der Waals surface area contributed by atoms with Gasteiger partial charge in [0.05, 0.1) is 10.0 Å². The molecule has 21 heavy (non-hydrogen) atoms. The average molecular weight is 352 g/mol. The molecular weight excluding hydrogens is 337 g/mol. The lowest BCUT2D eigenvalue weighted by molar-refractivity contribution is -0.131. The molecule has 0 amide bonds. The van der Waals surface area contributed by atoms with Crippen molar-refractivity contribution >= 4 is 45.3 Å². The van der Waals surface area contributed by atoms with Crippen LogP contribution in [0.1, 0.15) is 18.9 Å². The maximum Gasteiger partial charge on any atom is 0.328 e. The number of halogens is 2. The molecule has 0 aliphatic carbocycles. The monoisotopic (exact) mass is 351 g/mol. The van der Waals surface area contributed by atoms with Gasteiger partial charge in [-0.1, -0.05) is 30.1 Å². The summed E-state index contributed by atoms with van der Waals surface area (Å²) in [7, 11) is -2.33. The quantitative estimate of drug-likeness (QED) is 0.799. The molecule has 0 radical (unpaired) electrons. The van der Waals surface area contributed by atoms with E-state index in [1.807, 2.05) is 6.92 Å². The highest BCUT2D eigenvalue weighted by atomic mass is 35.5. The van der Waals surface area contributed by atoms with E-state index in [1.165, 1.54) is 29.6 Å². The van der Waals surface area contributed by atoms with Crippen LogP contribution in [0.5, 0.6) is 0 Å². The molecule has 0 aromatic heterocycles. The molecule has 0 saturated carbocycles. The second-order valence-electron chi connectivity index (χ2n) is 4.31. The summed E-state index contributed by atoms with van der Waals surface area (Å²) in [5.74, 6) is -1.12. The molecule has 116 valence electrons. The Labute approximate surface area is 133 Å². The highest BCUT2D eigenvalue weighted by Gasteiger charge is 2.26. The molecule has 0 saturated heterocycles. The number of carboxylic acids is 1. The van der Waals surface area contributed by atoms with Crippen molar-refractivity contribution in [2.75, 3.05) is 13.6 Å². The number of aliphatic carboxylic acids is 1. The van der Waals surface area contributed by atoms with Crippen LogP contribution < -0.4 is 0 Å². The second-order valence-corrected chi connectivity index (χ2v) is 7.11. The minimum atomic E-state index is -3.78. The van der Waals surface area contributed by atoms with Crippen molar-refractivity contribution in [3.05, 3.63) is 33.8 Å². The molecule has 1 aromatic rings. The van der Waals surface area contributed by atoms with Crippen LogP contribution in [-0.2, 0) is 14.8 Å². The summed E-state index contributed by atoms with van der Waals surface area (Å²) in [4.78, 5) is 10.3. The Kier molecular flexibility index (Phi) is 6.22. The first kappa shape index (κ1) is 18.0. The number of carboxylic acid groups (broad SMARTS) is 1. The third-order valence-electron chi connectivity index (χ3n) is 2.65. The van der Waals surface area contributed by atoms with Crippen LogP contribution in [0, 0.1) is 0 Å². The lowest BCUT2D eigenvalue weighted by Gasteiger charge is -2.18. The molecule has 8 heteroatoms. The number of hydrogen-bond donors (Lipinski definition) is 1. The fourth-order valence-electron chi connectivity index (χ4n) is 1.68. The van der Waals surface area contributed by atoms with Gasteiger partial charge in [-0.15, -0.1) is 0 Å². The molecule has 1 rings (SSSR count). The fraction of sp³-hybridized carbons (Fsp3) is 0.308. The van der Waals surface area contributed by atoms with Crippen molar-refractivity contribution in [3.8, 4) is 0 Å². The summed E-state index contributed by atoms with van der Waals surface area (Å²) >= 11 is 12.0. The molecule has 5 nitrogen and oxygen atoms in total. The van der Waals surface area contributed by atoms with E-state index < -0.39 is 16.0 Å². The number of rotatable bonds is 6. The summed E-state index contributed by atoms with van der Waals surface area (Å²) in [6.07, 6.45) is 2.86. The zero-order chi connectivity index (χ0) is 16.2. The third kappa shape index (κ3) is 4.44. The zero-order valence-electron chi connectivity index (χ0n) is 11.5. The molecule has 0 heterocycles. The van der Waals surface area contributed by atoms with E-state index in [4.69, 9.17) is 28.3 Å². The smallest absolute Gasteiger partial charge is 0.328 e. The first-order valence-corrected chi connectivity index (χ1v) is 8.26. The molecule has 0 atom stereocenters. The number of sulfonamides is 1. The van der Waals surface area contributed by atoms with Crippen LogP contribution >= 0.6 is 23.2 Å². The SMILES string of the molecule is CCCN(C)S(=O)(=O)c1c(Cl)cc(C=CC(=O)O)cc1Cl. The van der Waals surface area contributed by atoms with E-state index in [1.54, 1.807) is 0 Å². The van der Waals surface area contributed by atoms with Crippen LogP contribution in [0.2, 0.25) is 10.0 Å². The summed E-state index contributed by atoms with van der Waals surface area (Å²) in [5.41, 5.74) is 0.407. The van der Waals surface area contributed by atoms with Crippen molar-refractivity contribution in [1.29, 1.82) is 0 Å². The summed E-state index contributed by atoms with van der Waals surface area (Å²) in [6, 6.07) is 2.72. The molecule has 0 aliphatic heterocycles. The Morgan fingerprint density at radius 1 is 1.33 bits per heavy atom. The van der Waals surface area contributed by atoms with Gasteiger partial charge < -0.3 is 5.11 Å². The van der Waals surface area contributed by atoms with Crippen molar-refractivity contribution < 1.29 is 18.3 Å². The van der Waals surface area contributed by atoms with Gasteiger partial charge in [-0.2, -0.15) is 0 Å². The molecule has 0 unspecified atom stereocenters. The third-order valence-corrected chi connectivity index (χ3v) is 5.42. The molecular formula is C13H15Cl2NO4S. The fourth-order valence-corrected chi connectivity index (χ4v) is 4.11. The first-order chi connectivity index (χ1) is 9.70. The van der Waals surface area contributed by atoms with Crippen molar-refractivity contribution in [2.45, 2.75) is 18.2 Å². The van der Waals surface area contributed by atoms with Crippen molar-refractivity contribution in [2.24, 2.45) is 0 Å². The van der Waals surface area contributed by atoms with Gasteiger partial charge in [0.25, 0.3) is 0 Å². The standard InChI is InChI=1S/C13H15Cl2NO4S/c1-3-6-16(2)21(19,20)13-10(14)7-9(8-11(13)15)4-5-12(17)18/h4-5,7-8H,3,6H2,1-2H3,(H,17,18). The normalized spacial score (nSPS) is 12.2. The van der Waals surface area contributed by atoms with E-state index in [0.717, 1.165) is 6.08 Å². The maximum atomic E-state index is 12.4. The van der Waals surface area contributed by atoms with Gasteiger partial charge in [-0.3, -0.25) is 0 Å². The molecule has 0 aliphatic rings. The number of hydrogen-bond acceptors (Lipinski definition) is 3. The highest BCUT2D eigenvalue weighted by molar-refractivity contribution is 7.89. The maximum absolute atomic E-state index is 12.4. The largest absolute Gasteiger partial charge is 0.478 e. The predicted molar refractivity (Wildman–Crippen MR) is 83.2 cm³/mol. The van der Waals surface area contributed by atoms with Gasteiger partial charge in [0.2, 0.25) is 10.0 Å². The van der Waals surface area contributed by atoms with Gasteiger partial charge in [-0.25, -0.2) is 17.5 Å². The average Bonchev–Trinajstić information content (AvgIpc) is 2.35. The molecule has 1 N–H and O–H groups in total. The van der Waals surface area contributed by atoms with E-state index >= 15 is 0 Å². The Bertz CT molecular complexity index is 648. The van der Waals surface area contributed by atoms with Crippen LogP contribution in [0.15, 0.2) is 23.1 Å². The van der Waals surface area contributed by atoms with Crippen LogP contribution in [-0.4, -0.2) is 37.4 Å². The minimum absolute atomic E-state index is 0.0458. The lowest BCUT2D eigenvalue weighted by atomic mass is 10.2. The topological polar surface area (TPSA) is 74.7 Å². The Morgan fingerprint density at radius 3 is 2.29 bits per heavy atom. The summed E-state index contributed by atoms with van der Waals surface area (Å²) < 4.78 is 25.9. The molecule has 0 bridgehead atoms. The molecule has 0 fully saturated rings. The summed E-state index contributed by atoms with van der Waals surface area (Å²) in [6.45, 7) is 2.20. The highest BCUT2D eigenvalue weighted by Crippen LogP contribution is 2.33. The molecule has 0 spiro atoms. The zero-order valence-corrected chi connectivity index (χ0v) is 13.8. The lowest BCUT2D eigenvalue weighted by Crippen LogP contribution is -2.28. The Morgan fingerprint density at radius 2 is 1.86 bits per heavy atom. The van der Waals surface area contributed by atoms with Crippen LogP contribution in [0.4, 0.5) is 0 Å². The van der Waals surface area contributed by atoms with Crippen LogP contribution in [0.3, 0.4) is 0 Å². The predicted octanol–water partition coefficient (Wildman–Crippen LogP) is 3.12. The minimum Gasteiger partial charge on any atom is -0.478 e. The van der Waals surface area contributed by atoms with E-state index in [2.05, 4.69) is 0 Å². The van der Waals surface area contributed by atoms with Gasteiger partial charge in [0, 0.05) is 19.7 Å². The number of nitrogens with zero attached hydrogens (tertiary/aromatic N) is 1. The van der Waals surface area contributed by atoms with Gasteiger partial charge in [0.1, 0.15) is 4.90 Å². The summed E-state index contributed by atoms with van der Waals surface area (Å²) in [5, 5.41) is 8.48. The Balaban J connectivity index is 3.31. The number of benzene rings is 1. The van der Waals surface area contributed by atoms with Gasteiger partial charge in [0.15, 0.2) is 0 Å². The van der Waals surface area contributed by atoms with E-state index in [-0.39, 0.29) is 14.9 Å². The second kappa shape index (κ2) is 7.26.